The molecule has 0 aliphatic rings. The van der Waals surface area contributed by atoms with Crippen molar-refractivity contribution < 1.29 is 33.5 Å². The fourth-order valence-electron chi connectivity index (χ4n) is 1.76. The molecule has 2 aromatic rings. The molecule has 0 amide bonds. The van der Waals surface area contributed by atoms with Crippen LogP contribution in [0.3, 0.4) is 0 Å². The molecule has 0 radical (unpaired) electrons. The molecular weight excluding hydrogens is 340 g/mol. The Labute approximate surface area is 140 Å². The third kappa shape index (κ3) is 5.06. The molecule has 132 valence electrons. The van der Waals surface area contributed by atoms with Gasteiger partial charge in [-0.25, -0.2) is 8.78 Å². The Morgan fingerprint density at radius 3 is 1.92 bits per heavy atom. The van der Waals surface area contributed by atoms with Crippen LogP contribution in [0.1, 0.15) is 34.6 Å². The molecule has 0 heterocycles. The Morgan fingerprint density at radius 2 is 1.48 bits per heavy atom. The fraction of sp³-hybridized carbons (Fsp3) is 0.125. The van der Waals surface area contributed by atoms with Gasteiger partial charge in [-0.15, -0.1) is 0 Å². The molecule has 2 rings (SSSR count). The molecule has 0 saturated carbocycles. The van der Waals surface area contributed by atoms with E-state index in [2.05, 4.69) is 0 Å². The minimum absolute atomic E-state index is 0.00259. The normalized spacial score (nSPS) is 9.76. The maximum atomic E-state index is 12.9. The molecule has 0 aromatic heterocycles. The summed E-state index contributed by atoms with van der Waals surface area (Å²) < 4.78 is 25.7. The van der Waals surface area contributed by atoms with Crippen LogP contribution in [0.2, 0.25) is 0 Å². The van der Waals surface area contributed by atoms with Gasteiger partial charge >= 0.3 is 5.69 Å². The van der Waals surface area contributed by atoms with E-state index in [1.54, 1.807) is 0 Å². The Hall–Kier alpha value is -3.36. The maximum absolute atomic E-state index is 12.9. The van der Waals surface area contributed by atoms with E-state index in [1.807, 2.05) is 0 Å². The molecule has 7 nitrogen and oxygen atoms in total. The summed E-state index contributed by atoms with van der Waals surface area (Å²) in [4.78, 5) is 30.9. The Balaban J connectivity index is 0.000000257. The van der Waals surface area contributed by atoms with Gasteiger partial charge < -0.3 is 10.2 Å². The molecule has 0 unspecified atom stereocenters. The van der Waals surface area contributed by atoms with Crippen LogP contribution in [0.25, 0.3) is 0 Å². The number of carbonyl (C=O) groups is 2. The minimum Gasteiger partial charge on any atom is -0.508 e. The van der Waals surface area contributed by atoms with Crippen molar-refractivity contribution in [2.45, 2.75) is 13.8 Å². The van der Waals surface area contributed by atoms with Gasteiger partial charge in [-0.3, -0.25) is 19.7 Å². The van der Waals surface area contributed by atoms with Gasteiger partial charge in [0.1, 0.15) is 17.4 Å². The minimum atomic E-state index is -0.972. The largest absolute Gasteiger partial charge is 0.508 e. The van der Waals surface area contributed by atoms with Crippen molar-refractivity contribution >= 4 is 17.3 Å². The maximum Gasteiger partial charge on any atom is 0.311 e. The average molecular weight is 353 g/mol. The van der Waals surface area contributed by atoms with Gasteiger partial charge in [0.15, 0.2) is 17.3 Å². The standard InChI is InChI=1S/C8H6FNO4.C8H7FO2/c1-4(11)5-2-7(10(13)14)8(12)3-6(5)9;1-5(10)7-3-2-6(11)4-8(7)9/h2-3,12H,1H3;2-4,11H,1H3. The molecule has 2 aromatic carbocycles. The number of phenolic OH excluding ortho intramolecular Hbond substituents is 2. The number of rotatable bonds is 3. The summed E-state index contributed by atoms with van der Waals surface area (Å²) in [6.07, 6.45) is 0. The molecule has 0 aliphatic carbocycles. The number of nitro groups is 1. The zero-order chi connectivity index (χ0) is 19.3. The van der Waals surface area contributed by atoms with E-state index < -0.39 is 39.3 Å². The molecule has 0 bridgehead atoms. The number of phenols is 2. The molecular formula is C16H13F2NO6. The number of aromatic hydroxyl groups is 2. The van der Waals surface area contributed by atoms with E-state index in [9.17, 15) is 28.5 Å². The van der Waals surface area contributed by atoms with Crippen LogP contribution < -0.4 is 0 Å². The van der Waals surface area contributed by atoms with Crippen molar-refractivity contribution in [2.75, 3.05) is 0 Å². The number of halogens is 2. The van der Waals surface area contributed by atoms with Crippen LogP contribution in [0.4, 0.5) is 14.5 Å². The third-order valence-corrected chi connectivity index (χ3v) is 2.97. The van der Waals surface area contributed by atoms with E-state index >= 15 is 0 Å². The first-order valence-corrected chi connectivity index (χ1v) is 6.71. The van der Waals surface area contributed by atoms with E-state index in [4.69, 9.17) is 10.2 Å². The monoisotopic (exact) mass is 353 g/mol. The lowest BCUT2D eigenvalue weighted by Crippen LogP contribution is -1.99. The Bertz CT molecular complexity index is 816. The topological polar surface area (TPSA) is 118 Å². The molecule has 0 spiro atoms. The predicted molar refractivity (Wildman–Crippen MR) is 82.8 cm³/mol. The van der Waals surface area contributed by atoms with Crippen molar-refractivity contribution in [1.29, 1.82) is 0 Å². The lowest BCUT2D eigenvalue weighted by Gasteiger charge is -2.00. The Kier molecular flexibility index (Phi) is 6.26. The van der Waals surface area contributed by atoms with Crippen LogP contribution in [0.15, 0.2) is 30.3 Å². The fourth-order valence-corrected chi connectivity index (χ4v) is 1.76. The number of hydrogen-bond acceptors (Lipinski definition) is 6. The van der Waals surface area contributed by atoms with Crippen molar-refractivity contribution in [2.24, 2.45) is 0 Å². The summed E-state index contributed by atoms with van der Waals surface area (Å²) >= 11 is 0. The van der Waals surface area contributed by atoms with Crippen molar-refractivity contribution in [3.63, 3.8) is 0 Å². The van der Waals surface area contributed by atoms with Crippen LogP contribution in [0.5, 0.6) is 11.5 Å². The lowest BCUT2D eigenvalue weighted by atomic mass is 10.1. The van der Waals surface area contributed by atoms with Crippen LogP contribution in [0, 0.1) is 21.7 Å². The molecule has 25 heavy (non-hydrogen) atoms. The summed E-state index contributed by atoms with van der Waals surface area (Å²) in [6, 6.07) is 4.71. The second-order valence-corrected chi connectivity index (χ2v) is 4.85. The zero-order valence-corrected chi connectivity index (χ0v) is 13.1. The second kappa shape index (κ2) is 7.95. The van der Waals surface area contributed by atoms with Gasteiger partial charge in [-0.2, -0.15) is 0 Å². The van der Waals surface area contributed by atoms with E-state index in [0.717, 1.165) is 13.0 Å². The highest BCUT2D eigenvalue weighted by Gasteiger charge is 2.19. The molecule has 2 N–H and O–H groups in total. The van der Waals surface area contributed by atoms with Crippen LogP contribution in [-0.2, 0) is 0 Å². The third-order valence-electron chi connectivity index (χ3n) is 2.97. The van der Waals surface area contributed by atoms with Crippen LogP contribution >= 0.6 is 0 Å². The second-order valence-electron chi connectivity index (χ2n) is 4.85. The van der Waals surface area contributed by atoms with E-state index in [1.165, 1.54) is 19.1 Å². The molecule has 0 atom stereocenters. The van der Waals surface area contributed by atoms with Gasteiger partial charge in [-0.05, 0) is 26.0 Å². The first-order chi connectivity index (χ1) is 11.5. The number of carbonyl (C=O) groups excluding carboxylic acids is 2. The smallest absolute Gasteiger partial charge is 0.311 e. The van der Waals surface area contributed by atoms with Gasteiger partial charge in [-0.1, -0.05) is 0 Å². The quantitative estimate of drug-likeness (QED) is 0.496. The Morgan fingerprint density at radius 1 is 0.960 bits per heavy atom. The SMILES string of the molecule is CC(=O)c1cc([N+](=O)[O-])c(O)cc1F.CC(=O)c1ccc(O)cc1F. The summed E-state index contributed by atoms with van der Waals surface area (Å²) in [6.45, 7) is 2.36. The summed E-state index contributed by atoms with van der Waals surface area (Å²) in [7, 11) is 0. The van der Waals surface area contributed by atoms with Gasteiger partial charge in [0.25, 0.3) is 0 Å². The summed E-state index contributed by atoms with van der Waals surface area (Å²) in [5.41, 5.74) is -1.09. The first kappa shape index (κ1) is 19.7. The van der Waals surface area contributed by atoms with Crippen LogP contribution in [-0.4, -0.2) is 26.7 Å². The van der Waals surface area contributed by atoms with Gasteiger partial charge in [0, 0.05) is 18.2 Å². The van der Waals surface area contributed by atoms with Gasteiger partial charge in [0.05, 0.1) is 16.1 Å². The highest BCUT2D eigenvalue weighted by Crippen LogP contribution is 2.28. The number of nitrogens with zero attached hydrogens (tertiary/aromatic N) is 1. The highest BCUT2D eigenvalue weighted by molar-refractivity contribution is 5.95. The number of benzene rings is 2. The van der Waals surface area contributed by atoms with Gasteiger partial charge in [0.2, 0.25) is 0 Å². The van der Waals surface area contributed by atoms with E-state index in [0.29, 0.717) is 12.1 Å². The average Bonchev–Trinajstić information content (AvgIpc) is 2.46. The van der Waals surface area contributed by atoms with Crippen molar-refractivity contribution in [1.82, 2.24) is 0 Å². The number of Topliss-reactive ketones (excluding diaryl/α,β-unsaturated/α-hetero) is 2. The number of nitro benzene ring substituents is 1. The number of hydrogen-bond donors (Lipinski definition) is 2. The summed E-state index contributed by atoms with van der Waals surface area (Å²) in [5, 5.41) is 28.1. The highest BCUT2D eigenvalue weighted by atomic mass is 19.1. The lowest BCUT2D eigenvalue weighted by molar-refractivity contribution is -0.385. The molecule has 0 saturated heterocycles. The summed E-state index contributed by atoms with van der Waals surface area (Å²) in [5.74, 6) is -3.60. The van der Waals surface area contributed by atoms with E-state index in [-0.39, 0.29) is 17.1 Å². The first-order valence-electron chi connectivity index (χ1n) is 6.71. The van der Waals surface area contributed by atoms with Crippen molar-refractivity contribution in [3.8, 4) is 11.5 Å². The van der Waals surface area contributed by atoms with Crippen molar-refractivity contribution in [3.05, 3.63) is 63.2 Å². The predicted octanol–water partition coefficient (Wildman–Crippen LogP) is 3.38. The molecule has 0 fully saturated rings. The molecule has 0 aliphatic heterocycles. The zero-order valence-electron chi connectivity index (χ0n) is 13.1. The number of ketones is 2. The molecule has 9 heteroatoms.